The van der Waals surface area contributed by atoms with Gasteiger partial charge >= 0.3 is 0 Å². The molecular weight excluding hydrogens is 336 g/mol. The number of halogens is 1. The van der Waals surface area contributed by atoms with Gasteiger partial charge in [0.25, 0.3) is 0 Å². The first-order valence-corrected chi connectivity index (χ1v) is 7.70. The predicted octanol–water partition coefficient (Wildman–Crippen LogP) is 0.178. The summed E-state index contributed by atoms with van der Waals surface area (Å²) in [6.45, 7) is -0.377. The third-order valence-corrected chi connectivity index (χ3v) is 4.67. The quantitative estimate of drug-likeness (QED) is 0.766. The summed E-state index contributed by atoms with van der Waals surface area (Å²) < 4.78 is 26.0. The van der Waals surface area contributed by atoms with E-state index in [1.165, 1.54) is 19.2 Å². The minimum atomic E-state index is -3.69. The van der Waals surface area contributed by atoms with E-state index < -0.39 is 15.9 Å². The number of hydrogen-bond donors (Lipinski definition) is 2. The zero-order valence-electron chi connectivity index (χ0n) is 10.3. The molecule has 106 valence electrons. The number of benzene rings is 1. The van der Waals surface area contributed by atoms with Gasteiger partial charge in [-0.2, -0.15) is 4.31 Å². The molecule has 0 spiro atoms. The first kappa shape index (κ1) is 16.1. The van der Waals surface area contributed by atoms with Crippen LogP contribution in [0.3, 0.4) is 0 Å². The molecule has 0 bridgehead atoms. The highest BCUT2D eigenvalue weighted by molar-refractivity contribution is 9.10. The monoisotopic (exact) mass is 350 g/mol. The highest BCUT2D eigenvalue weighted by atomic mass is 79.9. The first-order chi connectivity index (χ1) is 8.87. The summed E-state index contributed by atoms with van der Waals surface area (Å²) in [6.07, 6.45) is 0. The molecule has 0 unspecified atom stereocenters. The molecule has 0 aromatic heterocycles. The van der Waals surface area contributed by atoms with Gasteiger partial charge in [-0.25, -0.2) is 8.42 Å². The Morgan fingerprint density at radius 2 is 1.95 bits per heavy atom. The van der Waals surface area contributed by atoms with Gasteiger partial charge in [-0.15, -0.1) is 0 Å². The molecule has 0 atom stereocenters. The van der Waals surface area contributed by atoms with Crippen molar-refractivity contribution in [1.82, 2.24) is 9.62 Å². The molecule has 1 rings (SSSR count). The van der Waals surface area contributed by atoms with Crippen molar-refractivity contribution in [2.75, 3.05) is 26.7 Å². The summed E-state index contributed by atoms with van der Waals surface area (Å²) in [5.74, 6) is -0.461. The van der Waals surface area contributed by atoms with Crippen LogP contribution in [0.1, 0.15) is 0 Å². The van der Waals surface area contributed by atoms with Crippen molar-refractivity contribution >= 4 is 31.9 Å². The van der Waals surface area contributed by atoms with E-state index in [0.29, 0.717) is 0 Å². The van der Waals surface area contributed by atoms with Crippen molar-refractivity contribution in [2.45, 2.75) is 4.90 Å². The Labute approximate surface area is 120 Å². The zero-order chi connectivity index (χ0) is 14.5. The van der Waals surface area contributed by atoms with Crippen LogP contribution in [0.5, 0.6) is 0 Å². The Morgan fingerprint density at radius 3 is 2.47 bits per heavy atom. The van der Waals surface area contributed by atoms with Crippen LogP contribution in [0.4, 0.5) is 0 Å². The molecule has 1 amide bonds. The van der Waals surface area contributed by atoms with E-state index in [-0.39, 0.29) is 24.6 Å². The third kappa shape index (κ3) is 4.57. The molecule has 1 aromatic rings. The van der Waals surface area contributed by atoms with Gasteiger partial charge in [0.1, 0.15) is 0 Å². The molecule has 0 aliphatic carbocycles. The van der Waals surface area contributed by atoms with Crippen LogP contribution < -0.4 is 5.32 Å². The largest absolute Gasteiger partial charge is 0.395 e. The number of nitrogens with one attached hydrogen (secondary N) is 1. The number of hydrogen-bond acceptors (Lipinski definition) is 4. The fourth-order valence-corrected chi connectivity index (χ4v) is 2.72. The van der Waals surface area contributed by atoms with Crippen molar-refractivity contribution in [2.24, 2.45) is 0 Å². The molecule has 2 N–H and O–H groups in total. The molecule has 0 saturated heterocycles. The van der Waals surface area contributed by atoms with Gasteiger partial charge in [0.05, 0.1) is 18.0 Å². The maximum absolute atomic E-state index is 12.1. The van der Waals surface area contributed by atoms with Gasteiger partial charge in [0, 0.05) is 18.1 Å². The number of aliphatic hydroxyl groups excluding tert-OH is 1. The number of rotatable bonds is 6. The SMILES string of the molecule is CN(CC(=O)NCCO)S(=O)(=O)c1ccc(Br)cc1. The average Bonchev–Trinajstić information content (AvgIpc) is 2.36. The maximum Gasteiger partial charge on any atom is 0.243 e. The molecule has 6 nitrogen and oxygen atoms in total. The number of nitrogens with zero attached hydrogens (tertiary/aromatic N) is 1. The van der Waals surface area contributed by atoms with Crippen LogP contribution in [0.25, 0.3) is 0 Å². The van der Waals surface area contributed by atoms with Crippen molar-refractivity contribution in [3.8, 4) is 0 Å². The topological polar surface area (TPSA) is 86.7 Å². The smallest absolute Gasteiger partial charge is 0.243 e. The van der Waals surface area contributed by atoms with Crippen molar-refractivity contribution in [1.29, 1.82) is 0 Å². The molecule has 1 aromatic carbocycles. The van der Waals surface area contributed by atoms with Gasteiger partial charge in [-0.05, 0) is 24.3 Å². The van der Waals surface area contributed by atoms with Gasteiger partial charge in [0.15, 0.2) is 0 Å². The molecule has 0 fully saturated rings. The molecular formula is C11H15BrN2O4S. The highest BCUT2D eigenvalue weighted by Crippen LogP contribution is 2.17. The van der Waals surface area contributed by atoms with E-state index in [2.05, 4.69) is 21.2 Å². The van der Waals surface area contributed by atoms with E-state index in [1.807, 2.05) is 0 Å². The fraction of sp³-hybridized carbons (Fsp3) is 0.364. The highest BCUT2D eigenvalue weighted by Gasteiger charge is 2.22. The second kappa shape index (κ2) is 6.99. The van der Waals surface area contributed by atoms with Crippen LogP contribution in [0.2, 0.25) is 0 Å². The molecule has 0 radical (unpaired) electrons. The number of sulfonamides is 1. The van der Waals surface area contributed by atoms with E-state index in [0.717, 1.165) is 8.78 Å². The number of likely N-dealkylation sites (N-methyl/N-ethyl adjacent to an activating group) is 1. The van der Waals surface area contributed by atoms with Crippen LogP contribution in [-0.4, -0.2) is 50.5 Å². The second-order valence-electron chi connectivity index (χ2n) is 3.79. The summed E-state index contributed by atoms with van der Waals surface area (Å²) >= 11 is 3.22. The van der Waals surface area contributed by atoms with E-state index in [1.54, 1.807) is 12.1 Å². The van der Waals surface area contributed by atoms with Crippen molar-refractivity contribution in [3.63, 3.8) is 0 Å². The standard InChI is InChI=1S/C11H15BrN2O4S/c1-14(8-11(16)13-6-7-15)19(17,18)10-4-2-9(12)3-5-10/h2-5,15H,6-8H2,1H3,(H,13,16). The lowest BCUT2D eigenvalue weighted by Crippen LogP contribution is -2.39. The normalized spacial score (nSPS) is 11.6. The number of amides is 1. The summed E-state index contributed by atoms with van der Waals surface area (Å²) in [5, 5.41) is 11.0. The van der Waals surface area contributed by atoms with Crippen molar-refractivity contribution < 1.29 is 18.3 Å². The van der Waals surface area contributed by atoms with E-state index >= 15 is 0 Å². The molecule has 0 saturated carbocycles. The third-order valence-electron chi connectivity index (χ3n) is 2.32. The lowest BCUT2D eigenvalue weighted by Gasteiger charge is -2.16. The maximum atomic E-state index is 12.1. The number of aliphatic hydroxyl groups is 1. The second-order valence-corrected chi connectivity index (χ2v) is 6.75. The summed E-state index contributed by atoms with van der Waals surface area (Å²) in [6, 6.07) is 6.15. The number of carbonyl (C=O) groups excluding carboxylic acids is 1. The van der Waals surface area contributed by atoms with Crippen LogP contribution in [-0.2, 0) is 14.8 Å². The molecule has 0 aliphatic rings. The minimum Gasteiger partial charge on any atom is -0.395 e. The zero-order valence-corrected chi connectivity index (χ0v) is 12.7. The lowest BCUT2D eigenvalue weighted by molar-refractivity contribution is -0.121. The van der Waals surface area contributed by atoms with Gasteiger partial charge in [-0.1, -0.05) is 15.9 Å². The summed E-state index contributed by atoms with van der Waals surface area (Å²) in [5.41, 5.74) is 0. The van der Waals surface area contributed by atoms with Crippen LogP contribution in [0, 0.1) is 0 Å². The fourth-order valence-electron chi connectivity index (χ4n) is 1.32. The average molecular weight is 351 g/mol. The summed E-state index contributed by atoms with van der Waals surface area (Å²) in [4.78, 5) is 11.5. The molecule has 19 heavy (non-hydrogen) atoms. The Kier molecular flexibility index (Phi) is 5.92. The molecule has 0 heterocycles. The first-order valence-electron chi connectivity index (χ1n) is 5.47. The predicted molar refractivity (Wildman–Crippen MR) is 74.1 cm³/mol. The van der Waals surface area contributed by atoms with E-state index in [4.69, 9.17) is 5.11 Å². The lowest BCUT2D eigenvalue weighted by atomic mass is 10.4. The van der Waals surface area contributed by atoms with Crippen molar-refractivity contribution in [3.05, 3.63) is 28.7 Å². The van der Waals surface area contributed by atoms with Gasteiger partial charge in [-0.3, -0.25) is 4.79 Å². The Bertz CT molecular complexity index is 530. The van der Waals surface area contributed by atoms with Gasteiger partial charge in [0.2, 0.25) is 15.9 Å². The summed E-state index contributed by atoms with van der Waals surface area (Å²) in [7, 11) is -2.36. The number of carbonyl (C=O) groups is 1. The van der Waals surface area contributed by atoms with E-state index in [9.17, 15) is 13.2 Å². The van der Waals surface area contributed by atoms with Crippen LogP contribution in [0.15, 0.2) is 33.6 Å². The minimum absolute atomic E-state index is 0.102. The molecule has 8 heteroatoms. The molecule has 0 aliphatic heterocycles. The van der Waals surface area contributed by atoms with Gasteiger partial charge < -0.3 is 10.4 Å². The Morgan fingerprint density at radius 1 is 1.37 bits per heavy atom. The Balaban J connectivity index is 2.77. The van der Waals surface area contributed by atoms with Crippen LogP contribution >= 0.6 is 15.9 Å². The Hall–Kier alpha value is -0.960.